The van der Waals surface area contributed by atoms with Crippen LogP contribution in [-0.2, 0) is 22.4 Å². The molecule has 1 aromatic carbocycles. The number of ether oxygens (including phenoxy) is 1. The van der Waals surface area contributed by atoms with Gasteiger partial charge in [0.2, 0.25) is 11.7 Å². The topological polar surface area (TPSA) is 77.2 Å². The molecule has 0 bridgehead atoms. The summed E-state index contributed by atoms with van der Waals surface area (Å²) in [6.45, 7) is 2.28. The Morgan fingerprint density at radius 2 is 2.04 bits per heavy atom. The summed E-state index contributed by atoms with van der Waals surface area (Å²) in [6.07, 6.45) is 5.95. The molecule has 134 valence electrons. The van der Waals surface area contributed by atoms with E-state index >= 15 is 0 Å². The lowest BCUT2D eigenvalue weighted by Gasteiger charge is -2.21. The quantitative estimate of drug-likeness (QED) is 0.779. The molecule has 1 saturated heterocycles. The summed E-state index contributed by atoms with van der Waals surface area (Å²) in [5.41, 5.74) is 1.79. The van der Waals surface area contributed by atoms with Crippen molar-refractivity contribution in [2.24, 2.45) is 5.92 Å². The van der Waals surface area contributed by atoms with Crippen molar-refractivity contribution in [2.75, 3.05) is 20.2 Å². The van der Waals surface area contributed by atoms with E-state index in [9.17, 15) is 4.79 Å². The van der Waals surface area contributed by atoms with E-state index in [0.29, 0.717) is 11.7 Å². The van der Waals surface area contributed by atoms with Gasteiger partial charge in [0.05, 0.1) is 13.5 Å². The standard InChI is InChI=1S/C19H25N3O3/c1-24-18(23)13-15-5-7-16(8-6-15)19-21-17(25-22-19)4-2-3-14-9-11-20-12-10-14/h5-8,14,20H,2-4,9-13H2,1H3. The van der Waals surface area contributed by atoms with Crippen LogP contribution in [0.2, 0.25) is 0 Å². The first-order valence-electron chi connectivity index (χ1n) is 8.94. The molecule has 3 rings (SSSR count). The molecular weight excluding hydrogens is 318 g/mol. The molecule has 0 amide bonds. The van der Waals surface area contributed by atoms with Gasteiger partial charge < -0.3 is 14.6 Å². The van der Waals surface area contributed by atoms with Crippen molar-refractivity contribution in [3.05, 3.63) is 35.7 Å². The lowest BCUT2D eigenvalue weighted by molar-refractivity contribution is -0.139. The molecule has 2 aromatic rings. The number of nitrogens with one attached hydrogen (secondary N) is 1. The molecule has 25 heavy (non-hydrogen) atoms. The van der Waals surface area contributed by atoms with Gasteiger partial charge in [0.25, 0.3) is 0 Å². The first-order valence-corrected chi connectivity index (χ1v) is 8.94. The number of benzene rings is 1. The predicted octanol–water partition coefficient (Wildman–Crippen LogP) is 2.77. The van der Waals surface area contributed by atoms with Gasteiger partial charge in [0.1, 0.15) is 0 Å². The van der Waals surface area contributed by atoms with Crippen molar-refractivity contribution in [2.45, 2.75) is 38.5 Å². The van der Waals surface area contributed by atoms with Crippen molar-refractivity contribution in [1.82, 2.24) is 15.5 Å². The summed E-state index contributed by atoms with van der Waals surface area (Å²) < 4.78 is 10.0. The molecule has 2 heterocycles. The Balaban J connectivity index is 1.51. The number of piperidine rings is 1. The Hall–Kier alpha value is -2.21. The maximum Gasteiger partial charge on any atom is 0.309 e. The van der Waals surface area contributed by atoms with Crippen LogP contribution in [0.1, 0.15) is 37.1 Å². The highest BCUT2D eigenvalue weighted by Gasteiger charge is 2.14. The lowest BCUT2D eigenvalue weighted by atomic mass is 9.92. The molecule has 6 heteroatoms. The zero-order chi connectivity index (χ0) is 17.5. The minimum atomic E-state index is -0.247. The van der Waals surface area contributed by atoms with Crippen molar-refractivity contribution >= 4 is 5.97 Å². The Morgan fingerprint density at radius 3 is 2.76 bits per heavy atom. The number of hydrogen-bond acceptors (Lipinski definition) is 6. The van der Waals surface area contributed by atoms with E-state index in [1.807, 2.05) is 24.3 Å². The number of hydrogen-bond donors (Lipinski definition) is 1. The van der Waals surface area contributed by atoms with Crippen molar-refractivity contribution in [3.8, 4) is 11.4 Å². The number of methoxy groups -OCH3 is 1. The fourth-order valence-electron chi connectivity index (χ4n) is 3.20. The molecule has 1 aliphatic heterocycles. The Morgan fingerprint density at radius 1 is 1.28 bits per heavy atom. The summed E-state index contributed by atoms with van der Waals surface area (Å²) in [7, 11) is 1.39. The lowest BCUT2D eigenvalue weighted by Crippen LogP contribution is -2.27. The highest BCUT2D eigenvalue weighted by molar-refractivity contribution is 5.72. The zero-order valence-corrected chi connectivity index (χ0v) is 14.7. The molecule has 1 aliphatic rings. The SMILES string of the molecule is COC(=O)Cc1ccc(-c2noc(CCCC3CCNCC3)n2)cc1. The zero-order valence-electron chi connectivity index (χ0n) is 14.7. The fraction of sp³-hybridized carbons (Fsp3) is 0.526. The molecule has 0 atom stereocenters. The summed E-state index contributed by atoms with van der Waals surface area (Å²) in [5, 5.41) is 7.47. The normalized spacial score (nSPS) is 15.2. The number of aromatic nitrogens is 2. The number of rotatable bonds is 7. The number of nitrogens with zero attached hydrogens (tertiary/aromatic N) is 2. The van der Waals surface area contributed by atoms with Crippen molar-refractivity contribution in [1.29, 1.82) is 0 Å². The maximum atomic E-state index is 11.3. The molecule has 1 N–H and O–H groups in total. The summed E-state index contributed by atoms with van der Waals surface area (Å²) in [5.74, 6) is 1.87. The van der Waals surface area contributed by atoms with Crippen LogP contribution in [0.15, 0.2) is 28.8 Å². The van der Waals surface area contributed by atoms with Crippen LogP contribution >= 0.6 is 0 Å². The molecular formula is C19H25N3O3. The molecule has 1 aromatic heterocycles. The van der Waals surface area contributed by atoms with Crippen molar-refractivity contribution in [3.63, 3.8) is 0 Å². The van der Waals surface area contributed by atoms with Gasteiger partial charge in [-0.3, -0.25) is 4.79 Å². The number of aryl methyl sites for hydroxylation is 1. The van der Waals surface area contributed by atoms with E-state index in [2.05, 4.69) is 20.2 Å². The van der Waals surface area contributed by atoms with Crippen LogP contribution in [0.3, 0.4) is 0 Å². The van der Waals surface area contributed by atoms with E-state index in [-0.39, 0.29) is 12.4 Å². The Bertz CT molecular complexity index is 675. The number of esters is 1. The van der Waals surface area contributed by atoms with Gasteiger partial charge in [-0.25, -0.2) is 0 Å². The van der Waals surface area contributed by atoms with E-state index in [1.54, 1.807) is 0 Å². The molecule has 0 spiro atoms. The van der Waals surface area contributed by atoms with Crippen LogP contribution in [-0.4, -0.2) is 36.3 Å². The van der Waals surface area contributed by atoms with Gasteiger partial charge in [-0.05, 0) is 50.3 Å². The third kappa shape index (κ3) is 5.13. The fourth-order valence-corrected chi connectivity index (χ4v) is 3.20. The number of carbonyl (C=O) groups excluding carboxylic acids is 1. The van der Waals surface area contributed by atoms with Gasteiger partial charge >= 0.3 is 5.97 Å². The average Bonchev–Trinajstić information content (AvgIpc) is 3.12. The van der Waals surface area contributed by atoms with E-state index in [0.717, 1.165) is 43.0 Å². The smallest absolute Gasteiger partial charge is 0.309 e. The van der Waals surface area contributed by atoms with Crippen molar-refractivity contribution < 1.29 is 14.1 Å². The summed E-state index contributed by atoms with van der Waals surface area (Å²) in [6, 6.07) is 7.59. The van der Waals surface area contributed by atoms with Crippen LogP contribution < -0.4 is 5.32 Å². The first-order chi connectivity index (χ1) is 12.2. The van der Waals surface area contributed by atoms with Crippen LogP contribution in [0.4, 0.5) is 0 Å². The minimum Gasteiger partial charge on any atom is -0.469 e. The summed E-state index contributed by atoms with van der Waals surface area (Å²) in [4.78, 5) is 15.8. The van der Waals surface area contributed by atoms with E-state index in [4.69, 9.17) is 4.52 Å². The highest BCUT2D eigenvalue weighted by Crippen LogP contribution is 2.21. The van der Waals surface area contributed by atoms with Gasteiger partial charge in [-0.15, -0.1) is 0 Å². The molecule has 0 saturated carbocycles. The molecule has 6 nitrogen and oxygen atoms in total. The monoisotopic (exact) mass is 343 g/mol. The second-order valence-electron chi connectivity index (χ2n) is 6.55. The predicted molar refractivity (Wildman–Crippen MR) is 94.0 cm³/mol. The molecule has 0 radical (unpaired) electrons. The van der Waals surface area contributed by atoms with Gasteiger partial charge in [0, 0.05) is 12.0 Å². The largest absolute Gasteiger partial charge is 0.469 e. The Kier molecular flexibility index (Phi) is 6.17. The molecule has 1 fully saturated rings. The second kappa shape index (κ2) is 8.76. The number of carbonyl (C=O) groups is 1. The molecule has 0 aliphatic carbocycles. The van der Waals surface area contributed by atoms with Gasteiger partial charge in [-0.1, -0.05) is 29.4 Å². The highest BCUT2D eigenvalue weighted by atomic mass is 16.5. The first kappa shape index (κ1) is 17.6. The van der Waals surface area contributed by atoms with E-state index in [1.165, 1.54) is 26.4 Å². The van der Waals surface area contributed by atoms with E-state index < -0.39 is 0 Å². The van der Waals surface area contributed by atoms with Crippen LogP contribution in [0.5, 0.6) is 0 Å². The third-order valence-corrected chi connectivity index (χ3v) is 4.72. The average molecular weight is 343 g/mol. The van der Waals surface area contributed by atoms with Crippen LogP contribution in [0.25, 0.3) is 11.4 Å². The molecule has 0 unspecified atom stereocenters. The van der Waals surface area contributed by atoms with Gasteiger partial charge in [-0.2, -0.15) is 4.98 Å². The van der Waals surface area contributed by atoms with Crippen LogP contribution in [0, 0.1) is 5.92 Å². The maximum absolute atomic E-state index is 11.3. The minimum absolute atomic E-state index is 0.247. The summed E-state index contributed by atoms with van der Waals surface area (Å²) >= 11 is 0. The Labute approximate surface area is 148 Å². The van der Waals surface area contributed by atoms with Gasteiger partial charge in [0.15, 0.2) is 0 Å². The second-order valence-corrected chi connectivity index (χ2v) is 6.55. The third-order valence-electron chi connectivity index (χ3n) is 4.72.